The van der Waals surface area contributed by atoms with E-state index in [9.17, 15) is 22.4 Å². The Morgan fingerprint density at radius 1 is 1.41 bits per heavy atom. The number of rotatable bonds is 3. The number of alkyl halides is 4. The smallest absolute Gasteiger partial charge is 0.298 e. The topological polar surface area (TPSA) is 17.1 Å². The van der Waals surface area contributed by atoms with Gasteiger partial charge in [0.2, 0.25) is 0 Å². The molecule has 1 aromatic rings. The van der Waals surface area contributed by atoms with Gasteiger partial charge in [0.05, 0.1) is 0 Å². The molecule has 94 valence electrons. The summed E-state index contributed by atoms with van der Waals surface area (Å²) in [4.78, 5) is 10.6. The monoisotopic (exact) mass is 286 g/mol. The minimum absolute atomic E-state index is 0.120. The van der Waals surface area contributed by atoms with Crippen LogP contribution in [0.5, 0.6) is 0 Å². The van der Waals surface area contributed by atoms with E-state index in [1.807, 2.05) is 0 Å². The molecule has 0 saturated carbocycles. The number of carbonyl (C=O) groups is 1. The summed E-state index contributed by atoms with van der Waals surface area (Å²) in [6.45, 7) is 1.18. The van der Waals surface area contributed by atoms with Gasteiger partial charge in [-0.25, -0.2) is 4.39 Å². The number of halogens is 5. The zero-order valence-corrected chi connectivity index (χ0v) is 10.1. The number of hydrogen-bond donors (Lipinski definition) is 0. The summed E-state index contributed by atoms with van der Waals surface area (Å²) in [5, 5.41) is -1.18. The molecule has 0 amide bonds. The van der Waals surface area contributed by atoms with E-state index in [1.165, 1.54) is 6.92 Å². The molecule has 1 rings (SSSR count). The average Bonchev–Trinajstić information content (AvgIpc) is 2.14. The van der Waals surface area contributed by atoms with Crippen LogP contribution in [0.15, 0.2) is 23.1 Å². The third kappa shape index (κ3) is 4.20. The molecule has 0 N–H and O–H groups in total. The molecule has 0 saturated heterocycles. The molecular formula is C10H7ClF4OS. The third-order valence-electron chi connectivity index (χ3n) is 1.84. The Morgan fingerprint density at radius 2 is 2.00 bits per heavy atom. The molecule has 1 aromatic carbocycles. The van der Waals surface area contributed by atoms with Crippen molar-refractivity contribution in [2.24, 2.45) is 0 Å². The lowest BCUT2D eigenvalue weighted by Gasteiger charge is -2.10. The number of thioether (sulfide) groups is 1. The summed E-state index contributed by atoms with van der Waals surface area (Å²) >= 11 is 5.19. The van der Waals surface area contributed by atoms with E-state index in [-0.39, 0.29) is 10.5 Å². The van der Waals surface area contributed by atoms with E-state index in [0.29, 0.717) is 6.07 Å². The van der Waals surface area contributed by atoms with Crippen molar-refractivity contribution >= 4 is 29.1 Å². The molecule has 7 heteroatoms. The minimum atomic E-state index is -4.48. The molecule has 0 bridgehead atoms. The summed E-state index contributed by atoms with van der Waals surface area (Å²) in [5.41, 5.74) is -4.60. The van der Waals surface area contributed by atoms with Crippen molar-refractivity contribution < 1.29 is 22.4 Å². The SMILES string of the molecule is CC(=O)C(Cl)c1ccc(SC(F)(F)F)cc1F. The van der Waals surface area contributed by atoms with Gasteiger partial charge in [-0.15, -0.1) is 11.6 Å². The van der Waals surface area contributed by atoms with Crippen molar-refractivity contribution in [3.8, 4) is 0 Å². The normalized spacial score (nSPS) is 13.5. The Morgan fingerprint density at radius 3 is 2.41 bits per heavy atom. The van der Waals surface area contributed by atoms with Crippen LogP contribution in [0.25, 0.3) is 0 Å². The summed E-state index contributed by atoms with van der Waals surface area (Å²) in [6, 6.07) is 2.88. The Kier molecular flexibility index (Phi) is 4.43. The van der Waals surface area contributed by atoms with Gasteiger partial charge in [-0.1, -0.05) is 6.07 Å². The predicted molar refractivity (Wildman–Crippen MR) is 57.6 cm³/mol. The van der Waals surface area contributed by atoms with E-state index in [0.717, 1.165) is 12.1 Å². The van der Waals surface area contributed by atoms with Gasteiger partial charge < -0.3 is 0 Å². The number of Topliss-reactive ketones (excluding diaryl/α,β-unsaturated/α-hetero) is 1. The van der Waals surface area contributed by atoms with Gasteiger partial charge in [-0.2, -0.15) is 13.2 Å². The number of benzene rings is 1. The molecule has 1 atom stereocenters. The Bertz CT molecular complexity index is 433. The number of ketones is 1. The molecule has 17 heavy (non-hydrogen) atoms. The largest absolute Gasteiger partial charge is 0.446 e. The molecular weight excluding hydrogens is 280 g/mol. The zero-order chi connectivity index (χ0) is 13.2. The summed E-state index contributed by atoms with van der Waals surface area (Å²) in [5.74, 6) is -1.39. The number of hydrogen-bond acceptors (Lipinski definition) is 2. The molecule has 0 heterocycles. The predicted octanol–water partition coefficient (Wildman–Crippen LogP) is 4.31. The first-order chi connectivity index (χ1) is 7.70. The zero-order valence-electron chi connectivity index (χ0n) is 8.52. The van der Waals surface area contributed by atoms with E-state index < -0.39 is 34.2 Å². The minimum Gasteiger partial charge on any atom is -0.298 e. The van der Waals surface area contributed by atoms with Crippen LogP contribution in [-0.2, 0) is 4.79 Å². The fourth-order valence-electron chi connectivity index (χ4n) is 1.13. The Hall–Kier alpha value is -0.750. The molecule has 0 aliphatic carbocycles. The van der Waals surface area contributed by atoms with E-state index >= 15 is 0 Å². The van der Waals surface area contributed by atoms with Gasteiger partial charge in [0.1, 0.15) is 11.2 Å². The first-order valence-corrected chi connectivity index (χ1v) is 5.65. The lowest BCUT2D eigenvalue weighted by Crippen LogP contribution is -2.05. The molecule has 0 radical (unpaired) electrons. The van der Waals surface area contributed by atoms with Gasteiger partial charge in [0.25, 0.3) is 0 Å². The van der Waals surface area contributed by atoms with Crippen LogP contribution in [-0.4, -0.2) is 11.3 Å². The molecule has 0 spiro atoms. The molecule has 1 unspecified atom stereocenters. The standard InChI is InChI=1S/C10H7ClF4OS/c1-5(16)9(11)7-3-2-6(4-8(7)12)17-10(13,14)15/h2-4,9H,1H3. The van der Waals surface area contributed by atoms with Gasteiger partial charge in [0, 0.05) is 10.5 Å². The Labute approximate surface area is 104 Å². The van der Waals surface area contributed by atoms with E-state index in [4.69, 9.17) is 11.6 Å². The molecule has 0 aromatic heterocycles. The highest BCUT2D eigenvalue weighted by Gasteiger charge is 2.30. The maximum absolute atomic E-state index is 13.4. The van der Waals surface area contributed by atoms with Gasteiger partial charge >= 0.3 is 5.51 Å². The fourth-order valence-corrected chi connectivity index (χ4v) is 1.87. The third-order valence-corrected chi connectivity index (χ3v) is 3.10. The second-order valence-corrected chi connectivity index (χ2v) is 4.78. The first kappa shape index (κ1) is 14.3. The van der Waals surface area contributed by atoms with Gasteiger partial charge in [0.15, 0.2) is 5.78 Å². The molecule has 0 fully saturated rings. The average molecular weight is 287 g/mol. The van der Waals surface area contributed by atoms with Crippen LogP contribution in [0.3, 0.4) is 0 Å². The lowest BCUT2D eigenvalue weighted by molar-refractivity contribution is -0.116. The van der Waals surface area contributed by atoms with Crippen molar-refractivity contribution in [3.05, 3.63) is 29.6 Å². The fraction of sp³-hybridized carbons (Fsp3) is 0.300. The Balaban J connectivity index is 2.98. The summed E-state index contributed by atoms with van der Waals surface area (Å²) < 4.78 is 49.5. The van der Waals surface area contributed by atoms with Gasteiger partial charge in [-0.3, -0.25) is 4.79 Å². The molecule has 0 aliphatic heterocycles. The van der Waals surface area contributed by atoms with Crippen molar-refractivity contribution in [2.75, 3.05) is 0 Å². The molecule has 0 aliphatic rings. The van der Waals surface area contributed by atoms with Crippen molar-refractivity contribution in [3.63, 3.8) is 0 Å². The quantitative estimate of drug-likeness (QED) is 0.468. The van der Waals surface area contributed by atoms with Crippen molar-refractivity contribution in [2.45, 2.75) is 22.7 Å². The first-order valence-electron chi connectivity index (χ1n) is 4.40. The van der Waals surface area contributed by atoms with E-state index in [1.54, 1.807) is 0 Å². The lowest BCUT2D eigenvalue weighted by atomic mass is 10.1. The van der Waals surface area contributed by atoms with Crippen LogP contribution < -0.4 is 0 Å². The summed E-state index contributed by atoms with van der Waals surface area (Å²) in [7, 11) is 0. The number of carbonyl (C=O) groups excluding carboxylic acids is 1. The van der Waals surface area contributed by atoms with Crippen LogP contribution >= 0.6 is 23.4 Å². The second kappa shape index (κ2) is 5.27. The van der Waals surface area contributed by atoms with Gasteiger partial charge in [-0.05, 0) is 30.8 Å². The summed E-state index contributed by atoms with van der Waals surface area (Å²) in [6.07, 6.45) is 0. The second-order valence-electron chi connectivity index (χ2n) is 3.20. The van der Waals surface area contributed by atoms with Crippen molar-refractivity contribution in [1.82, 2.24) is 0 Å². The van der Waals surface area contributed by atoms with Crippen LogP contribution in [0.1, 0.15) is 17.9 Å². The van der Waals surface area contributed by atoms with Crippen LogP contribution in [0.4, 0.5) is 17.6 Å². The highest BCUT2D eigenvalue weighted by molar-refractivity contribution is 8.00. The maximum Gasteiger partial charge on any atom is 0.446 e. The van der Waals surface area contributed by atoms with Crippen LogP contribution in [0, 0.1) is 5.82 Å². The van der Waals surface area contributed by atoms with Crippen molar-refractivity contribution in [1.29, 1.82) is 0 Å². The van der Waals surface area contributed by atoms with Crippen LogP contribution in [0.2, 0.25) is 0 Å². The van der Waals surface area contributed by atoms with E-state index in [2.05, 4.69) is 0 Å². The highest BCUT2D eigenvalue weighted by atomic mass is 35.5. The highest BCUT2D eigenvalue weighted by Crippen LogP contribution is 2.38. The molecule has 1 nitrogen and oxygen atoms in total. The maximum atomic E-state index is 13.4.